The highest BCUT2D eigenvalue weighted by molar-refractivity contribution is 6.06. The van der Waals surface area contributed by atoms with Crippen LogP contribution in [0.5, 0.6) is 5.75 Å². The molecular weight excluding hydrogens is 418 g/mol. The van der Waals surface area contributed by atoms with Crippen LogP contribution in [0.25, 0.3) is 11.4 Å². The summed E-state index contributed by atoms with van der Waals surface area (Å²) in [6.07, 6.45) is 6.64. The standard InChI is InChI=1S/C24H21N7O2/c1-15-20(23(32)28-17-6-5-11-26-14-17)21(18-7-3-4-8-19(18)33-2)31-24(27-15)29-22(30-31)16-9-12-25-13-10-16/h3-14,21H,1-2H3,(H,28,32)(H,27,29,30)/t21-/m1/s1. The predicted molar refractivity (Wildman–Crippen MR) is 124 cm³/mol. The molecule has 5 rings (SSSR count). The number of anilines is 2. The van der Waals surface area contributed by atoms with Crippen LogP contribution in [-0.4, -0.2) is 37.7 Å². The Morgan fingerprint density at radius 1 is 1.06 bits per heavy atom. The largest absolute Gasteiger partial charge is 0.496 e. The van der Waals surface area contributed by atoms with Crippen LogP contribution in [-0.2, 0) is 4.79 Å². The van der Waals surface area contributed by atoms with Gasteiger partial charge in [-0.1, -0.05) is 18.2 Å². The number of methoxy groups -OCH3 is 1. The molecule has 0 aliphatic carbocycles. The molecule has 9 nitrogen and oxygen atoms in total. The molecular formula is C24H21N7O2. The fourth-order valence-corrected chi connectivity index (χ4v) is 3.88. The lowest BCUT2D eigenvalue weighted by Gasteiger charge is -2.29. The summed E-state index contributed by atoms with van der Waals surface area (Å²) in [7, 11) is 1.61. The van der Waals surface area contributed by atoms with Crippen LogP contribution in [0.15, 0.2) is 84.6 Å². The number of allylic oxidation sites excluding steroid dienone is 1. The Labute approximate surface area is 190 Å². The lowest BCUT2D eigenvalue weighted by atomic mass is 9.94. The van der Waals surface area contributed by atoms with Crippen molar-refractivity contribution < 1.29 is 9.53 Å². The maximum absolute atomic E-state index is 13.5. The maximum atomic E-state index is 13.5. The third-order valence-electron chi connectivity index (χ3n) is 5.39. The van der Waals surface area contributed by atoms with Crippen molar-refractivity contribution in [2.45, 2.75) is 13.0 Å². The molecule has 0 saturated carbocycles. The molecule has 1 atom stereocenters. The normalized spacial score (nSPS) is 14.9. The highest BCUT2D eigenvalue weighted by atomic mass is 16.5. The van der Waals surface area contributed by atoms with Crippen molar-refractivity contribution in [1.29, 1.82) is 0 Å². The summed E-state index contributed by atoms with van der Waals surface area (Å²) in [5, 5.41) is 10.9. The summed E-state index contributed by atoms with van der Waals surface area (Å²) in [6.45, 7) is 1.85. The van der Waals surface area contributed by atoms with E-state index in [0.29, 0.717) is 34.5 Å². The third-order valence-corrected chi connectivity index (χ3v) is 5.39. The van der Waals surface area contributed by atoms with Gasteiger partial charge in [-0.05, 0) is 37.3 Å². The lowest BCUT2D eigenvalue weighted by molar-refractivity contribution is -0.113. The quantitative estimate of drug-likeness (QED) is 0.489. The van der Waals surface area contributed by atoms with Crippen LogP contribution in [0.1, 0.15) is 18.5 Å². The van der Waals surface area contributed by atoms with Crippen LogP contribution in [0.3, 0.4) is 0 Å². The van der Waals surface area contributed by atoms with Gasteiger partial charge in [0.25, 0.3) is 5.91 Å². The molecule has 1 amide bonds. The summed E-state index contributed by atoms with van der Waals surface area (Å²) in [4.78, 5) is 26.3. The number of rotatable bonds is 5. The third kappa shape index (κ3) is 3.80. The molecule has 1 aromatic carbocycles. The fraction of sp³-hybridized carbons (Fsp3) is 0.125. The number of carbonyl (C=O) groups excluding carboxylic acids is 1. The number of aromatic nitrogens is 5. The second-order valence-corrected chi connectivity index (χ2v) is 7.44. The van der Waals surface area contributed by atoms with Crippen LogP contribution in [0.4, 0.5) is 11.6 Å². The minimum atomic E-state index is -0.558. The van der Waals surface area contributed by atoms with Gasteiger partial charge in [0.1, 0.15) is 11.8 Å². The topological polar surface area (TPSA) is 107 Å². The molecule has 0 saturated heterocycles. The van der Waals surface area contributed by atoms with E-state index in [4.69, 9.17) is 9.84 Å². The number of pyridine rings is 2. The first-order valence-electron chi connectivity index (χ1n) is 10.3. The molecule has 164 valence electrons. The summed E-state index contributed by atoms with van der Waals surface area (Å²) < 4.78 is 7.35. The SMILES string of the molecule is COc1ccccc1[C@@H]1C(C(=O)Nc2cccnc2)=C(C)Nc2nc(-c3ccncc3)nn21. The van der Waals surface area contributed by atoms with Gasteiger partial charge in [0.15, 0.2) is 5.82 Å². The number of benzene rings is 1. The number of nitrogens with one attached hydrogen (secondary N) is 2. The highest BCUT2D eigenvalue weighted by Gasteiger charge is 2.36. The van der Waals surface area contributed by atoms with E-state index in [1.165, 1.54) is 0 Å². The monoisotopic (exact) mass is 439 g/mol. The molecule has 4 aromatic rings. The molecule has 0 unspecified atom stereocenters. The first-order chi connectivity index (χ1) is 16.2. The minimum Gasteiger partial charge on any atom is -0.496 e. The Morgan fingerprint density at radius 2 is 1.88 bits per heavy atom. The van der Waals surface area contributed by atoms with Gasteiger partial charge in [0.05, 0.1) is 24.6 Å². The molecule has 33 heavy (non-hydrogen) atoms. The second kappa shape index (κ2) is 8.54. The van der Waals surface area contributed by atoms with Crippen molar-refractivity contribution in [2.24, 2.45) is 0 Å². The van der Waals surface area contributed by atoms with Crippen molar-refractivity contribution in [3.8, 4) is 17.1 Å². The van der Waals surface area contributed by atoms with Crippen molar-refractivity contribution in [3.05, 3.63) is 90.2 Å². The van der Waals surface area contributed by atoms with E-state index in [0.717, 1.165) is 11.1 Å². The maximum Gasteiger partial charge on any atom is 0.255 e. The Morgan fingerprint density at radius 3 is 2.64 bits per heavy atom. The molecule has 0 radical (unpaired) electrons. The summed E-state index contributed by atoms with van der Waals surface area (Å²) in [5.41, 5.74) is 3.40. The van der Waals surface area contributed by atoms with Gasteiger partial charge >= 0.3 is 0 Å². The van der Waals surface area contributed by atoms with Crippen molar-refractivity contribution in [3.63, 3.8) is 0 Å². The smallest absolute Gasteiger partial charge is 0.255 e. The van der Waals surface area contributed by atoms with Crippen molar-refractivity contribution in [1.82, 2.24) is 24.7 Å². The highest BCUT2D eigenvalue weighted by Crippen LogP contribution is 2.40. The van der Waals surface area contributed by atoms with E-state index in [2.05, 4.69) is 25.6 Å². The van der Waals surface area contributed by atoms with Crippen LogP contribution in [0.2, 0.25) is 0 Å². The molecule has 1 aliphatic rings. The van der Waals surface area contributed by atoms with E-state index in [9.17, 15) is 4.79 Å². The molecule has 0 fully saturated rings. The number of fused-ring (bicyclic) bond motifs is 1. The average Bonchev–Trinajstić information content (AvgIpc) is 3.28. The van der Waals surface area contributed by atoms with Crippen LogP contribution in [0, 0.1) is 0 Å². The molecule has 3 aromatic heterocycles. The van der Waals surface area contributed by atoms with Gasteiger partial charge in [-0.3, -0.25) is 14.8 Å². The van der Waals surface area contributed by atoms with Gasteiger partial charge in [-0.15, -0.1) is 5.10 Å². The zero-order chi connectivity index (χ0) is 22.8. The Kier molecular flexibility index (Phi) is 5.27. The molecule has 1 aliphatic heterocycles. The Bertz CT molecular complexity index is 1330. The fourth-order valence-electron chi connectivity index (χ4n) is 3.88. The number of para-hydroxylation sites is 1. The zero-order valence-electron chi connectivity index (χ0n) is 18.1. The Hall–Kier alpha value is -4.53. The van der Waals surface area contributed by atoms with E-state index >= 15 is 0 Å². The number of hydrogen-bond acceptors (Lipinski definition) is 7. The minimum absolute atomic E-state index is 0.268. The van der Waals surface area contributed by atoms with Crippen molar-refractivity contribution in [2.75, 3.05) is 17.7 Å². The van der Waals surface area contributed by atoms with Crippen LogP contribution < -0.4 is 15.4 Å². The summed E-state index contributed by atoms with van der Waals surface area (Å²) in [5.74, 6) is 1.45. The first-order valence-corrected chi connectivity index (χ1v) is 10.3. The van der Waals surface area contributed by atoms with Gasteiger partial charge < -0.3 is 15.4 Å². The predicted octanol–water partition coefficient (Wildman–Crippen LogP) is 3.67. The molecule has 9 heteroatoms. The summed E-state index contributed by atoms with van der Waals surface area (Å²) >= 11 is 0. The van der Waals surface area contributed by atoms with Gasteiger partial charge in [-0.25, -0.2) is 4.68 Å². The van der Waals surface area contributed by atoms with Gasteiger partial charge in [-0.2, -0.15) is 4.98 Å². The first kappa shape index (κ1) is 20.4. The number of carbonyl (C=O) groups is 1. The Balaban J connectivity index is 1.64. The number of nitrogens with zero attached hydrogens (tertiary/aromatic N) is 5. The molecule has 0 bridgehead atoms. The number of amides is 1. The molecule has 0 spiro atoms. The molecule has 4 heterocycles. The van der Waals surface area contributed by atoms with E-state index in [-0.39, 0.29) is 5.91 Å². The van der Waals surface area contributed by atoms with E-state index in [1.807, 2.05) is 43.3 Å². The zero-order valence-corrected chi connectivity index (χ0v) is 18.1. The van der Waals surface area contributed by atoms with Crippen LogP contribution >= 0.6 is 0 Å². The number of ether oxygens (including phenoxy) is 1. The lowest BCUT2D eigenvalue weighted by Crippen LogP contribution is -2.31. The van der Waals surface area contributed by atoms with Gasteiger partial charge in [0, 0.05) is 35.4 Å². The summed E-state index contributed by atoms with van der Waals surface area (Å²) in [6, 6.07) is 14.3. The number of hydrogen-bond donors (Lipinski definition) is 2. The van der Waals surface area contributed by atoms with Crippen molar-refractivity contribution >= 4 is 17.5 Å². The van der Waals surface area contributed by atoms with Gasteiger partial charge in [0.2, 0.25) is 5.95 Å². The second-order valence-electron chi connectivity index (χ2n) is 7.44. The van der Waals surface area contributed by atoms with E-state index < -0.39 is 6.04 Å². The molecule has 2 N–H and O–H groups in total. The average molecular weight is 439 g/mol. The van der Waals surface area contributed by atoms with E-state index in [1.54, 1.807) is 48.7 Å².